The minimum Gasteiger partial charge on any atom is -0.0616 e. The molecule has 0 heteroatoms. The molecule has 8 aromatic rings. The molecular formula is C52H34. The van der Waals surface area contributed by atoms with Gasteiger partial charge in [0.1, 0.15) is 0 Å². The Labute approximate surface area is 306 Å². The topological polar surface area (TPSA) is 0 Å². The first kappa shape index (κ1) is 32.2. The summed E-state index contributed by atoms with van der Waals surface area (Å²) in [6, 6.07) is 59.2. The van der Waals surface area contributed by atoms with Crippen molar-refractivity contribution in [1.82, 2.24) is 0 Å². The second-order valence-corrected chi connectivity index (χ2v) is 13.0. The molecule has 0 aliphatic carbocycles. The van der Waals surface area contributed by atoms with Crippen molar-refractivity contribution in [1.29, 1.82) is 0 Å². The van der Waals surface area contributed by atoms with Crippen LogP contribution < -0.4 is 0 Å². The molecule has 0 saturated heterocycles. The highest BCUT2D eigenvalue weighted by atomic mass is 14.2. The Balaban J connectivity index is 1.31. The predicted octanol–water partition coefficient (Wildman–Crippen LogP) is 12.1. The van der Waals surface area contributed by atoms with Gasteiger partial charge in [0.05, 0.1) is 0 Å². The van der Waals surface area contributed by atoms with Gasteiger partial charge in [-0.05, 0) is 94.0 Å². The number of rotatable bonds is 2. The van der Waals surface area contributed by atoms with E-state index in [2.05, 4.69) is 219 Å². The zero-order valence-electron chi connectivity index (χ0n) is 29.2. The molecule has 0 bridgehead atoms. The van der Waals surface area contributed by atoms with Crippen LogP contribution >= 0.6 is 0 Å². The summed E-state index contributed by atoms with van der Waals surface area (Å²) in [5, 5.41) is 4.52. The molecule has 0 nitrogen and oxygen atoms in total. The summed E-state index contributed by atoms with van der Waals surface area (Å²) in [6.07, 6.45) is 0. The van der Waals surface area contributed by atoms with Gasteiger partial charge < -0.3 is 0 Å². The first-order chi connectivity index (χ1) is 25.6. The van der Waals surface area contributed by atoms with Gasteiger partial charge >= 0.3 is 0 Å². The number of benzene rings is 8. The van der Waals surface area contributed by atoms with Gasteiger partial charge in [-0.15, -0.1) is 0 Å². The Bertz CT molecular complexity index is 2600. The van der Waals surface area contributed by atoms with Crippen LogP contribution in [0.1, 0.15) is 44.5 Å². The van der Waals surface area contributed by atoms with Gasteiger partial charge in [0.15, 0.2) is 0 Å². The van der Waals surface area contributed by atoms with E-state index in [0.717, 1.165) is 77.2 Å². The SMILES string of the molecule is Cc1ccc(C#Cc2ccccc2-c2ccc3ccccc3c2C#Cc2c(-c3ccccc3C#Cc3ccc(C)cc3)ccc3ccccc23)cc1. The first-order valence-electron chi connectivity index (χ1n) is 17.5. The van der Waals surface area contributed by atoms with E-state index in [1.165, 1.54) is 11.1 Å². The lowest BCUT2D eigenvalue weighted by molar-refractivity contribution is 1.46. The van der Waals surface area contributed by atoms with E-state index < -0.39 is 0 Å². The lowest BCUT2D eigenvalue weighted by atomic mass is 9.90. The number of hydrogen-bond donors (Lipinski definition) is 0. The molecule has 0 atom stereocenters. The average molecular weight is 659 g/mol. The van der Waals surface area contributed by atoms with E-state index in [1.807, 2.05) is 0 Å². The molecule has 0 saturated carbocycles. The largest absolute Gasteiger partial charge is 0.0616 e. The molecule has 0 aromatic heterocycles. The molecule has 8 rings (SSSR count). The molecule has 0 N–H and O–H groups in total. The highest BCUT2D eigenvalue weighted by molar-refractivity contribution is 5.98. The molecule has 0 heterocycles. The molecule has 0 aliphatic heterocycles. The summed E-state index contributed by atoms with van der Waals surface area (Å²) in [7, 11) is 0. The van der Waals surface area contributed by atoms with Gasteiger partial charge in [-0.2, -0.15) is 0 Å². The Morgan fingerprint density at radius 2 is 0.673 bits per heavy atom. The zero-order chi connectivity index (χ0) is 35.3. The fourth-order valence-electron chi connectivity index (χ4n) is 6.59. The third-order valence-electron chi connectivity index (χ3n) is 9.39. The van der Waals surface area contributed by atoms with Crippen LogP contribution in [-0.4, -0.2) is 0 Å². The molecule has 0 aliphatic rings. The average Bonchev–Trinajstić information content (AvgIpc) is 3.19. The molecular weight excluding hydrogens is 625 g/mol. The summed E-state index contributed by atoms with van der Waals surface area (Å²) in [5.41, 5.74) is 12.6. The highest BCUT2D eigenvalue weighted by Crippen LogP contribution is 2.34. The summed E-state index contributed by atoms with van der Waals surface area (Å²) >= 11 is 0. The Kier molecular flexibility index (Phi) is 8.94. The summed E-state index contributed by atoms with van der Waals surface area (Å²) in [6.45, 7) is 4.19. The maximum absolute atomic E-state index is 3.73. The fourth-order valence-corrected chi connectivity index (χ4v) is 6.59. The van der Waals surface area contributed by atoms with E-state index in [1.54, 1.807) is 0 Å². The van der Waals surface area contributed by atoms with Crippen LogP contribution in [0.15, 0.2) is 170 Å². The zero-order valence-corrected chi connectivity index (χ0v) is 29.2. The second-order valence-electron chi connectivity index (χ2n) is 13.0. The Morgan fingerprint density at radius 1 is 0.288 bits per heavy atom. The summed E-state index contributed by atoms with van der Waals surface area (Å²) in [4.78, 5) is 0. The van der Waals surface area contributed by atoms with Crippen LogP contribution in [0, 0.1) is 49.4 Å². The molecule has 52 heavy (non-hydrogen) atoms. The van der Waals surface area contributed by atoms with Crippen molar-refractivity contribution in [2.75, 3.05) is 0 Å². The van der Waals surface area contributed by atoms with Gasteiger partial charge in [-0.3, -0.25) is 0 Å². The van der Waals surface area contributed by atoms with Crippen LogP contribution in [0.5, 0.6) is 0 Å². The van der Waals surface area contributed by atoms with E-state index in [0.29, 0.717) is 0 Å². The smallest absolute Gasteiger partial charge is 0.0406 e. The van der Waals surface area contributed by atoms with Crippen molar-refractivity contribution < 1.29 is 0 Å². The lowest BCUT2D eigenvalue weighted by Gasteiger charge is -2.13. The van der Waals surface area contributed by atoms with E-state index >= 15 is 0 Å². The van der Waals surface area contributed by atoms with Crippen molar-refractivity contribution in [3.05, 3.63) is 214 Å². The lowest BCUT2D eigenvalue weighted by Crippen LogP contribution is -1.93. The van der Waals surface area contributed by atoms with Gasteiger partial charge in [0.25, 0.3) is 0 Å². The van der Waals surface area contributed by atoms with Crippen molar-refractivity contribution in [3.63, 3.8) is 0 Å². The normalized spacial score (nSPS) is 10.4. The van der Waals surface area contributed by atoms with Crippen LogP contribution in [0.3, 0.4) is 0 Å². The molecule has 0 radical (unpaired) electrons. The summed E-state index contributed by atoms with van der Waals surface area (Å²) < 4.78 is 0. The molecule has 0 unspecified atom stereocenters. The minimum absolute atomic E-state index is 0.966. The Morgan fingerprint density at radius 3 is 1.12 bits per heavy atom. The molecule has 0 amide bonds. The van der Waals surface area contributed by atoms with Crippen LogP contribution in [0.25, 0.3) is 43.8 Å². The van der Waals surface area contributed by atoms with Crippen LogP contribution in [0.4, 0.5) is 0 Å². The quantitative estimate of drug-likeness (QED) is 0.162. The monoisotopic (exact) mass is 658 g/mol. The maximum atomic E-state index is 3.73. The molecule has 8 aromatic carbocycles. The second kappa shape index (κ2) is 14.4. The third-order valence-corrected chi connectivity index (χ3v) is 9.39. The Hall–Kier alpha value is -7.04. The fraction of sp³-hybridized carbons (Fsp3) is 0.0385. The summed E-state index contributed by atoms with van der Waals surface area (Å²) in [5.74, 6) is 21.2. The van der Waals surface area contributed by atoms with Crippen molar-refractivity contribution in [2.45, 2.75) is 13.8 Å². The van der Waals surface area contributed by atoms with E-state index in [-0.39, 0.29) is 0 Å². The van der Waals surface area contributed by atoms with Gasteiger partial charge in [0, 0.05) is 33.4 Å². The van der Waals surface area contributed by atoms with Crippen molar-refractivity contribution >= 4 is 21.5 Å². The van der Waals surface area contributed by atoms with Gasteiger partial charge in [-0.25, -0.2) is 0 Å². The number of fused-ring (bicyclic) bond motifs is 2. The van der Waals surface area contributed by atoms with Crippen molar-refractivity contribution in [3.8, 4) is 57.8 Å². The number of aryl methyl sites for hydroxylation is 2. The third kappa shape index (κ3) is 6.74. The van der Waals surface area contributed by atoms with Crippen molar-refractivity contribution in [2.24, 2.45) is 0 Å². The molecule has 242 valence electrons. The van der Waals surface area contributed by atoms with Crippen LogP contribution in [0.2, 0.25) is 0 Å². The predicted molar refractivity (Wildman–Crippen MR) is 219 cm³/mol. The number of hydrogen-bond acceptors (Lipinski definition) is 0. The standard InChI is InChI=1S/C52H34/c1-37-19-23-39(24-20-37)27-29-41-11-3-7-15-45(41)49-33-31-43-13-5-9-17-47(43)51(49)35-36-52-48-18-10-6-14-44(48)32-34-50(52)46-16-8-4-12-42(46)30-28-40-25-21-38(2)22-26-40/h3-26,31-34H,1-2H3. The maximum Gasteiger partial charge on any atom is 0.0406 e. The van der Waals surface area contributed by atoms with Crippen LogP contribution in [-0.2, 0) is 0 Å². The molecule has 0 spiro atoms. The van der Waals surface area contributed by atoms with Gasteiger partial charge in [-0.1, -0.05) is 180 Å². The highest BCUT2D eigenvalue weighted by Gasteiger charge is 2.14. The van der Waals surface area contributed by atoms with Gasteiger partial charge in [0.2, 0.25) is 0 Å². The van der Waals surface area contributed by atoms with E-state index in [4.69, 9.17) is 0 Å². The van der Waals surface area contributed by atoms with E-state index in [9.17, 15) is 0 Å². The molecule has 0 fully saturated rings. The first-order valence-corrected chi connectivity index (χ1v) is 17.5. The minimum atomic E-state index is 0.966.